The van der Waals surface area contributed by atoms with Gasteiger partial charge in [0, 0.05) is 18.7 Å². The molecule has 12 heteroatoms. The molecule has 2 aromatic heterocycles. The second-order valence-electron chi connectivity index (χ2n) is 6.93. The van der Waals surface area contributed by atoms with Crippen molar-refractivity contribution in [1.29, 1.82) is 0 Å². The van der Waals surface area contributed by atoms with Crippen LogP contribution < -0.4 is 23.7 Å². The highest BCUT2D eigenvalue weighted by Gasteiger charge is 2.17. The van der Waals surface area contributed by atoms with Crippen LogP contribution in [0.1, 0.15) is 0 Å². The number of para-hydroxylation sites is 1. The van der Waals surface area contributed by atoms with Crippen LogP contribution in [0.5, 0.6) is 23.1 Å². The summed E-state index contributed by atoms with van der Waals surface area (Å²) in [6.07, 6.45) is 0. The van der Waals surface area contributed by atoms with Gasteiger partial charge in [-0.3, -0.25) is 0 Å². The standard InChI is InChI=1S/C22H23N5O6S/c1-30-17-7-5-4-6-16(17)22-25-24-20-10-11-21(26-27(20)22)33-13-12-23-34(28,29)15-8-9-18(31-2)19(14-15)32-3/h4-11,14,23H,12-13H2,1-3H3. The van der Waals surface area contributed by atoms with Gasteiger partial charge in [0.05, 0.1) is 31.8 Å². The number of nitrogens with zero attached hydrogens (tertiary/aromatic N) is 4. The monoisotopic (exact) mass is 485 g/mol. The average Bonchev–Trinajstić information content (AvgIpc) is 3.29. The van der Waals surface area contributed by atoms with E-state index in [0.29, 0.717) is 28.7 Å². The van der Waals surface area contributed by atoms with Crippen LogP contribution in [0.3, 0.4) is 0 Å². The van der Waals surface area contributed by atoms with Gasteiger partial charge in [0.2, 0.25) is 15.9 Å². The van der Waals surface area contributed by atoms with Crippen LogP contribution in [0.4, 0.5) is 0 Å². The third-order valence-electron chi connectivity index (χ3n) is 4.90. The number of aromatic nitrogens is 4. The third-order valence-corrected chi connectivity index (χ3v) is 6.35. The first kappa shape index (κ1) is 23.3. The molecular weight excluding hydrogens is 462 g/mol. The van der Waals surface area contributed by atoms with E-state index in [4.69, 9.17) is 18.9 Å². The number of rotatable bonds is 10. The predicted molar refractivity (Wildman–Crippen MR) is 123 cm³/mol. The lowest BCUT2D eigenvalue weighted by molar-refractivity contribution is 0.306. The van der Waals surface area contributed by atoms with Crippen LogP contribution in [0.25, 0.3) is 17.0 Å². The van der Waals surface area contributed by atoms with Gasteiger partial charge in [-0.1, -0.05) is 12.1 Å². The molecule has 178 valence electrons. The van der Waals surface area contributed by atoms with E-state index < -0.39 is 10.0 Å². The molecular formula is C22H23N5O6S. The highest BCUT2D eigenvalue weighted by atomic mass is 32.2. The van der Waals surface area contributed by atoms with Crippen LogP contribution in [-0.4, -0.2) is 62.7 Å². The van der Waals surface area contributed by atoms with Gasteiger partial charge in [-0.05, 0) is 30.3 Å². The zero-order chi connectivity index (χ0) is 24.1. The molecule has 0 aliphatic rings. The zero-order valence-electron chi connectivity index (χ0n) is 18.8. The van der Waals surface area contributed by atoms with E-state index >= 15 is 0 Å². The Bertz CT molecular complexity index is 1410. The molecule has 0 aliphatic heterocycles. The maximum absolute atomic E-state index is 12.6. The van der Waals surface area contributed by atoms with Crippen molar-refractivity contribution >= 4 is 15.7 Å². The summed E-state index contributed by atoms with van der Waals surface area (Å²) in [5.41, 5.74) is 1.26. The Morgan fingerprint density at radius 1 is 0.882 bits per heavy atom. The van der Waals surface area contributed by atoms with Crippen LogP contribution in [0.2, 0.25) is 0 Å². The number of methoxy groups -OCH3 is 3. The van der Waals surface area contributed by atoms with Crippen molar-refractivity contribution in [3.05, 3.63) is 54.6 Å². The normalized spacial score (nSPS) is 11.4. The van der Waals surface area contributed by atoms with E-state index in [1.165, 1.54) is 32.4 Å². The fourth-order valence-electron chi connectivity index (χ4n) is 3.25. The Labute approximate surface area is 196 Å². The van der Waals surface area contributed by atoms with Gasteiger partial charge < -0.3 is 18.9 Å². The van der Waals surface area contributed by atoms with Crippen LogP contribution >= 0.6 is 0 Å². The summed E-state index contributed by atoms with van der Waals surface area (Å²) in [5, 5.41) is 12.8. The summed E-state index contributed by atoms with van der Waals surface area (Å²) in [6, 6.07) is 15.1. The fraction of sp³-hybridized carbons (Fsp3) is 0.227. The van der Waals surface area contributed by atoms with E-state index in [0.717, 1.165) is 5.56 Å². The van der Waals surface area contributed by atoms with Gasteiger partial charge in [-0.2, -0.15) is 4.52 Å². The first-order valence-electron chi connectivity index (χ1n) is 10.2. The molecule has 11 nitrogen and oxygen atoms in total. The largest absolute Gasteiger partial charge is 0.496 e. The smallest absolute Gasteiger partial charge is 0.240 e. The molecule has 0 unspecified atom stereocenters. The number of fused-ring (bicyclic) bond motifs is 1. The molecule has 0 fully saturated rings. The van der Waals surface area contributed by atoms with E-state index in [2.05, 4.69) is 20.0 Å². The van der Waals surface area contributed by atoms with Crippen molar-refractivity contribution < 1.29 is 27.4 Å². The van der Waals surface area contributed by atoms with Gasteiger partial charge in [-0.15, -0.1) is 15.3 Å². The Morgan fingerprint density at radius 2 is 1.65 bits per heavy atom. The van der Waals surface area contributed by atoms with Crippen molar-refractivity contribution in [2.75, 3.05) is 34.5 Å². The number of sulfonamides is 1. The molecule has 0 atom stereocenters. The summed E-state index contributed by atoms with van der Waals surface area (Å²) in [6.45, 7) is 0.0785. The minimum absolute atomic E-state index is 0.0257. The van der Waals surface area contributed by atoms with E-state index in [-0.39, 0.29) is 23.9 Å². The average molecular weight is 486 g/mol. The van der Waals surface area contributed by atoms with Crippen LogP contribution in [0, 0.1) is 0 Å². The molecule has 0 bridgehead atoms. The minimum atomic E-state index is -3.77. The first-order chi connectivity index (χ1) is 16.5. The number of hydrogen-bond donors (Lipinski definition) is 1. The van der Waals surface area contributed by atoms with Crippen molar-refractivity contribution in [2.45, 2.75) is 4.90 Å². The summed E-state index contributed by atoms with van der Waals surface area (Å²) in [4.78, 5) is 0.0515. The molecule has 4 rings (SSSR count). The SMILES string of the molecule is COc1ccc(S(=O)(=O)NCCOc2ccc3nnc(-c4ccccc4OC)n3n2)cc1OC. The number of hydrogen-bond acceptors (Lipinski definition) is 9. The minimum Gasteiger partial charge on any atom is -0.496 e. The summed E-state index contributed by atoms with van der Waals surface area (Å²) in [5.74, 6) is 2.17. The van der Waals surface area contributed by atoms with Gasteiger partial charge in [0.25, 0.3) is 0 Å². The van der Waals surface area contributed by atoms with Crippen LogP contribution in [-0.2, 0) is 10.0 Å². The zero-order valence-corrected chi connectivity index (χ0v) is 19.6. The fourth-order valence-corrected chi connectivity index (χ4v) is 4.27. The van der Waals surface area contributed by atoms with E-state index in [1.54, 1.807) is 23.8 Å². The van der Waals surface area contributed by atoms with Crippen LogP contribution in [0.15, 0.2) is 59.5 Å². The molecule has 0 spiro atoms. The quantitative estimate of drug-likeness (QED) is 0.336. The second-order valence-corrected chi connectivity index (χ2v) is 8.70. The lowest BCUT2D eigenvalue weighted by Crippen LogP contribution is -2.28. The van der Waals surface area contributed by atoms with Crippen molar-refractivity contribution in [1.82, 2.24) is 24.5 Å². The third kappa shape index (κ3) is 4.72. The topological polar surface area (TPSA) is 126 Å². The highest BCUT2D eigenvalue weighted by Crippen LogP contribution is 2.30. The number of nitrogens with one attached hydrogen (secondary N) is 1. The van der Waals surface area contributed by atoms with Crippen molar-refractivity contribution in [3.8, 4) is 34.5 Å². The molecule has 0 saturated carbocycles. The molecule has 0 saturated heterocycles. The second kappa shape index (κ2) is 9.93. The number of benzene rings is 2. The molecule has 2 aromatic carbocycles. The summed E-state index contributed by atoms with van der Waals surface area (Å²) >= 11 is 0. The lowest BCUT2D eigenvalue weighted by atomic mass is 10.2. The Morgan fingerprint density at radius 3 is 2.41 bits per heavy atom. The number of ether oxygens (including phenoxy) is 4. The maximum Gasteiger partial charge on any atom is 0.240 e. The Balaban J connectivity index is 1.44. The van der Waals surface area contributed by atoms with Crippen molar-refractivity contribution in [3.63, 3.8) is 0 Å². The lowest BCUT2D eigenvalue weighted by Gasteiger charge is -2.11. The predicted octanol–water partition coefficient (Wildman–Crippen LogP) is 2.17. The molecule has 0 aliphatic carbocycles. The summed E-state index contributed by atoms with van der Waals surface area (Å²) < 4.78 is 50.6. The molecule has 1 N–H and O–H groups in total. The Kier molecular flexibility index (Phi) is 6.80. The molecule has 0 radical (unpaired) electrons. The van der Waals surface area contributed by atoms with E-state index in [9.17, 15) is 8.42 Å². The maximum atomic E-state index is 12.6. The van der Waals surface area contributed by atoms with Gasteiger partial charge in [-0.25, -0.2) is 13.1 Å². The molecule has 0 amide bonds. The Hall–Kier alpha value is -3.90. The van der Waals surface area contributed by atoms with E-state index in [1.807, 2.05) is 24.3 Å². The highest BCUT2D eigenvalue weighted by molar-refractivity contribution is 7.89. The van der Waals surface area contributed by atoms with Gasteiger partial charge in [0.1, 0.15) is 12.4 Å². The first-order valence-corrected chi connectivity index (χ1v) is 11.7. The van der Waals surface area contributed by atoms with Crippen molar-refractivity contribution in [2.24, 2.45) is 0 Å². The van der Waals surface area contributed by atoms with Gasteiger partial charge in [0.15, 0.2) is 23.0 Å². The molecule has 4 aromatic rings. The van der Waals surface area contributed by atoms with Gasteiger partial charge >= 0.3 is 0 Å². The molecule has 2 heterocycles. The summed E-state index contributed by atoms with van der Waals surface area (Å²) in [7, 11) is 0.720. The molecule has 34 heavy (non-hydrogen) atoms.